The number of nitrogens with one attached hydrogen (secondary N) is 1. The highest BCUT2D eigenvalue weighted by atomic mass is 32.2. The zero-order chi connectivity index (χ0) is 10.9. The van der Waals surface area contributed by atoms with E-state index in [2.05, 4.69) is 5.32 Å². The second-order valence-corrected chi connectivity index (χ2v) is 6.14. The molecule has 86 valence electrons. The largest absolute Gasteiger partial charge is 0.352 e. The number of carbonyl (C=O) groups excluding carboxylic acids is 1. The average molecular weight is 228 g/mol. The highest BCUT2D eigenvalue weighted by Crippen LogP contribution is 2.38. The van der Waals surface area contributed by atoms with Gasteiger partial charge in [-0.1, -0.05) is 0 Å². The molecule has 0 aromatic carbocycles. The van der Waals surface area contributed by atoms with Crippen LogP contribution in [-0.4, -0.2) is 29.0 Å². The van der Waals surface area contributed by atoms with E-state index in [4.69, 9.17) is 5.73 Å². The molecule has 1 unspecified atom stereocenters. The summed E-state index contributed by atoms with van der Waals surface area (Å²) in [6.45, 7) is 1.87. The summed E-state index contributed by atoms with van der Waals surface area (Å²) in [6, 6.07) is 0.361. The summed E-state index contributed by atoms with van der Waals surface area (Å²) >= 11 is 1.97. The Balaban J connectivity index is 1.84. The highest BCUT2D eigenvalue weighted by Gasteiger charge is 2.44. The van der Waals surface area contributed by atoms with E-state index in [9.17, 15) is 4.79 Å². The minimum Gasteiger partial charge on any atom is -0.352 e. The number of hydrogen-bond acceptors (Lipinski definition) is 3. The molecule has 2 aliphatic rings. The Morgan fingerprint density at radius 1 is 1.33 bits per heavy atom. The standard InChI is InChI=1S/C11H20N2OS/c1-11(12,8-2-3-8)10(14)13-9-4-6-15-7-5-9/h8-9H,2-7,12H2,1H3,(H,13,14). The van der Waals surface area contributed by atoms with Crippen molar-refractivity contribution >= 4 is 17.7 Å². The van der Waals surface area contributed by atoms with Crippen molar-refractivity contribution in [2.75, 3.05) is 11.5 Å². The van der Waals surface area contributed by atoms with Gasteiger partial charge in [0.1, 0.15) is 0 Å². The number of thioether (sulfide) groups is 1. The van der Waals surface area contributed by atoms with Crippen molar-refractivity contribution in [1.29, 1.82) is 0 Å². The van der Waals surface area contributed by atoms with Crippen LogP contribution in [0.3, 0.4) is 0 Å². The summed E-state index contributed by atoms with van der Waals surface area (Å²) in [5.74, 6) is 2.79. The molecule has 0 aromatic heterocycles. The molecule has 1 aliphatic carbocycles. The Labute approximate surface area is 95.6 Å². The van der Waals surface area contributed by atoms with Gasteiger partial charge in [0.05, 0.1) is 5.54 Å². The van der Waals surface area contributed by atoms with Gasteiger partial charge in [0, 0.05) is 6.04 Å². The smallest absolute Gasteiger partial charge is 0.240 e. The van der Waals surface area contributed by atoms with Crippen LogP contribution in [-0.2, 0) is 4.79 Å². The van der Waals surface area contributed by atoms with Gasteiger partial charge in [0.15, 0.2) is 0 Å². The lowest BCUT2D eigenvalue weighted by atomic mass is 9.95. The van der Waals surface area contributed by atoms with Crippen molar-refractivity contribution in [2.45, 2.75) is 44.2 Å². The summed E-state index contributed by atoms with van der Waals surface area (Å²) < 4.78 is 0. The Hall–Kier alpha value is -0.220. The van der Waals surface area contributed by atoms with Gasteiger partial charge in [0.25, 0.3) is 0 Å². The van der Waals surface area contributed by atoms with Crippen LogP contribution in [0, 0.1) is 5.92 Å². The van der Waals surface area contributed by atoms with Gasteiger partial charge in [-0.15, -0.1) is 0 Å². The number of carbonyl (C=O) groups is 1. The van der Waals surface area contributed by atoms with Crippen LogP contribution in [0.25, 0.3) is 0 Å². The summed E-state index contributed by atoms with van der Waals surface area (Å²) in [6.07, 6.45) is 4.41. The first-order chi connectivity index (χ1) is 7.10. The van der Waals surface area contributed by atoms with E-state index in [1.807, 2.05) is 18.7 Å². The quantitative estimate of drug-likeness (QED) is 0.761. The van der Waals surface area contributed by atoms with Crippen LogP contribution in [0.1, 0.15) is 32.6 Å². The Kier molecular flexibility index (Phi) is 3.26. The fourth-order valence-corrected chi connectivity index (χ4v) is 3.16. The summed E-state index contributed by atoms with van der Waals surface area (Å²) in [4.78, 5) is 12.0. The third-order valence-corrected chi connectivity index (χ3v) is 4.52. The van der Waals surface area contributed by atoms with Gasteiger partial charge in [-0.25, -0.2) is 0 Å². The molecule has 3 nitrogen and oxygen atoms in total. The molecular formula is C11H20N2OS. The average Bonchev–Trinajstić information content (AvgIpc) is 3.02. The SMILES string of the molecule is CC(N)(C(=O)NC1CCSCC1)C1CC1. The molecule has 1 amide bonds. The van der Waals surface area contributed by atoms with E-state index in [0.29, 0.717) is 12.0 Å². The molecular weight excluding hydrogens is 208 g/mol. The van der Waals surface area contributed by atoms with Crippen molar-refractivity contribution in [3.63, 3.8) is 0 Å². The van der Waals surface area contributed by atoms with Crippen LogP contribution in [0.2, 0.25) is 0 Å². The van der Waals surface area contributed by atoms with Gasteiger partial charge in [-0.3, -0.25) is 4.79 Å². The fraction of sp³-hybridized carbons (Fsp3) is 0.909. The van der Waals surface area contributed by atoms with E-state index in [-0.39, 0.29) is 5.91 Å². The van der Waals surface area contributed by atoms with Gasteiger partial charge in [-0.2, -0.15) is 11.8 Å². The van der Waals surface area contributed by atoms with Crippen molar-refractivity contribution in [1.82, 2.24) is 5.32 Å². The maximum absolute atomic E-state index is 12.0. The topological polar surface area (TPSA) is 55.1 Å². The minimum absolute atomic E-state index is 0.0573. The van der Waals surface area contributed by atoms with Crippen molar-refractivity contribution in [2.24, 2.45) is 11.7 Å². The lowest BCUT2D eigenvalue weighted by molar-refractivity contribution is -0.127. The third-order valence-electron chi connectivity index (χ3n) is 3.47. The second kappa shape index (κ2) is 4.34. The monoisotopic (exact) mass is 228 g/mol. The Bertz CT molecular complexity index is 245. The molecule has 1 saturated heterocycles. The molecule has 0 aromatic rings. The van der Waals surface area contributed by atoms with Crippen LogP contribution in [0.5, 0.6) is 0 Å². The molecule has 0 spiro atoms. The Morgan fingerprint density at radius 3 is 2.47 bits per heavy atom. The molecule has 3 N–H and O–H groups in total. The van der Waals surface area contributed by atoms with E-state index in [0.717, 1.165) is 37.2 Å². The molecule has 4 heteroatoms. The first kappa shape index (κ1) is 11.3. The maximum Gasteiger partial charge on any atom is 0.240 e. The number of nitrogens with two attached hydrogens (primary N) is 1. The Morgan fingerprint density at radius 2 is 1.93 bits per heavy atom. The van der Waals surface area contributed by atoms with Gasteiger partial charge >= 0.3 is 0 Å². The lowest BCUT2D eigenvalue weighted by Crippen LogP contribution is -2.56. The van der Waals surface area contributed by atoms with Gasteiger partial charge in [0.2, 0.25) is 5.91 Å². The normalized spacial score (nSPS) is 27.1. The van der Waals surface area contributed by atoms with Crippen molar-refractivity contribution in [3.8, 4) is 0 Å². The van der Waals surface area contributed by atoms with E-state index < -0.39 is 5.54 Å². The predicted octanol–water partition coefficient (Wildman–Crippen LogP) is 1.13. The van der Waals surface area contributed by atoms with E-state index >= 15 is 0 Å². The zero-order valence-corrected chi connectivity index (χ0v) is 10.1. The maximum atomic E-state index is 12.0. The van der Waals surface area contributed by atoms with E-state index in [1.165, 1.54) is 0 Å². The molecule has 1 heterocycles. The molecule has 2 rings (SSSR count). The molecule has 0 bridgehead atoms. The number of amides is 1. The molecule has 1 aliphatic heterocycles. The first-order valence-electron chi connectivity index (χ1n) is 5.78. The number of hydrogen-bond donors (Lipinski definition) is 2. The molecule has 0 radical (unpaired) electrons. The van der Waals surface area contributed by atoms with Crippen LogP contribution in [0.15, 0.2) is 0 Å². The van der Waals surface area contributed by atoms with Crippen LogP contribution >= 0.6 is 11.8 Å². The van der Waals surface area contributed by atoms with E-state index in [1.54, 1.807) is 0 Å². The predicted molar refractivity (Wildman–Crippen MR) is 63.8 cm³/mol. The van der Waals surface area contributed by atoms with Crippen LogP contribution < -0.4 is 11.1 Å². The molecule has 15 heavy (non-hydrogen) atoms. The first-order valence-corrected chi connectivity index (χ1v) is 6.94. The summed E-state index contributed by atoms with van der Waals surface area (Å²) in [5, 5.41) is 3.10. The van der Waals surface area contributed by atoms with Gasteiger partial charge < -0.3 is 11.1 Å². The highest BCUT2D eigenvalue weighted by molar-refractivity contribution is 7.99. The van der Waals surface area contributed by atoms with Gasteiger partial charge in [-0.05, 0) is 50.0 Å². The van der Waals surface area contributed by atoms with Crippen molar-refractivity contribution in [3.05, 3.63) is 0 Å². The molecule has 1 atom stereocenters. The lowest BCUT2D eigenvalue weighted by Gasteiger charge is -2.29. The molecule has 1 saturated carbocycles. The fourth-order valence-electron chi connectivity index (χ4n) is 2.05. The zero-order valence-electron chi connectivity index (χ0n) is 9.29. The molecule has 2 fully saturated rings. The minimum atomic E-state index is -0.634. The summed E-state index contributed by atoms with van der Waals surface area (Å²) in [7, 11) is 0. The summed E-state index contributed by atoms with van der Waals surface area (Å²) in [5.41, 5.74) is 5.43. The van der Waals surface area contributed by atoms with Crippen molar-refractivity contribution < 1.29 is 4.79 Å². The second-order valence-electron chi connectivity index (χ2n) is 4.92. The number of rotatable bonds is 3. The third kappa shape index (κ3) is 2.67. The van der Waals surface area contributed by atoms with Crippen LogP contribution in [0.4, 0.5) is 0 Å².